The minimum atomic E-state index is 0.122. The largest absolute Gasteiger partial charge is 0.334 e. The topological polar surface area (TPSA) is 17.8 Å². The molecule has 2 nitrogen and oxygen atoms in total. The summed E-state index contributed by atoms with van der Waals surface area (Å²) in [4.78, 5) is 4.59. The van der Waals surface area contributed by atoms with Crippen LogP contribution in [0.2, 0.25) is 0 Å². The maximum Gasteiger partial charge on any atom is 0.139 e. The lowest BCUT2D eigenvalue weighted by Crippen LogP contribution is -2.17. The van der Waals surface area contributed by atoms with Gasteiger partial charge in [0.05, 0.1) is 0 Å². The predicted molar refractivity (Wildman–Crippen MR) is 129 cm³/mol. The first-order valence-electron chi connectivity index (χ1n) is 11.1. The molecule has 158 valence electrons. The van der Waals surface area contributed by atoms with Gasteiger partial charge in [0.1, 0.15) is 5.82 Å². The highest BCUT2D eigenvalue weighted by atomic mass is 15.0. The van der Waals surface area contributed by atoms with Crippen LogP contribution >= 0.6 is 0 Å². The van der Waals surface area contributed by atoms with Gasteiger partial charge in [-0.05, 0) is 34.6 Å². The number of benzene rings is 2. The predicted octanol–water partition coefficient (Wildman–Crippen LogP) is 8.27. The maximum atomic E-state index is 4.59. The molecule has 0 amide bonds. The quantitative estimate of drug-likeness (QED) is 0.427. The summed E-state index contributed by atoms with van der Waals surface area (Å²) in [5, 5.41) is 0. The Balaban J connectivity index is 0.000000627. The normalized spacial score (nSPS) is 10.5. The second-order valence-corrected chi connectivity index (χ2v) is 7.73. The summed E-state index contributed by atoms with van der Waals surface area (Å²) in [5.74, 6) is 1.03. The van der Waals surface area contributed by atoms with Crippen LogP contribution in [0.1, 0.15) is 73.3 Å². The van der Waals surface area contributed by atoms with Gasteiger partial charge in [0, 0.05) is 25.0 Å². The zero-order valence-electron chi connectivity index (χ0n) is 19.8. The van der Waals surface area contributed by atoms with E-state index in [1.165, 1.54) is 35.1 Å². The SMILES string of the molecule is CC.CCC(C)(C)c1ccc(-c2ccccc2)cc1-c1nccn1C.CCCC. The van der Waals surface area contributed by atoms with Crippen molar-refractivity contribution in [3.05, 3.63) is 66.5 Å². The third kappa shape index (κ3) is 6.59. The Kier molecular flexibility index (Phi) is 10.4. The van der Waals surface area contributed by atoms with Gasteiger partial charge in [0.2, 0.25) is 0 Å². The zero-order chi connectivity index (χ0) is 21.9. The monoisotopic (exact) mass is 392 g/mol. The summed E-state index contributed by atoms with van der Waals surface area (Å²) < 4.78 is 2.10. The van der Waals surface area contributed by atoms with Crippen molar-refractivity contribution in [3.63, 3.8) is 0 Å². The van der Waals surface area contributed by atoms with Gasteiger partial charge >= 0.3 is 0 Å². The Morgan fingerprint density at radius 3 is 1.97 bits per heavy atom. The summed E-state index contributed by atoms with van der Waals surface area (Å²) in [6, 6.07) is 17.3. The molecule has 29 heavy (non-hydrogen) atoms. The maximum absolute atomic E-state index is 4.59. The lowest BCUT2D eigenvalue weighted by atomic mass is 9.78. The average molecular weight is 393 g/mol. The zero-order valence-corrected chi connectivity index (χ0v) is 19.8. The summed E-state index contributed by atoms with van der Waals surface area (Å²) in [6.07, 6.45) is 7.61. The van der Waals surface area contributed by atoms with Crippen LogP contribution in [0.25, 0.3) is 22.5 Å². The molecule has 0 N–H and O–H groups in total. The van der Waals surface area contributed by atoms with Crippen molar-refractivity contribution in [1.29, 1.82) is 0 Å². The van der Waals surface area contributed by atoms with Crippen molar-refractivity contribution in [2.75, 3.05) is 0 Å². The Morgan fingerprint density at radius 2 is 1.48 bits per heavy atom. The Bertz CT molecular complexity index is 827. The third-order valence-corrected chi connectivity index (χ3v) is 5.30. The molecule has 3 rings (SSSR count). The van der Waals surface area contributed by atoms with E-state index in [9.17, 15) is 0 Å². The molecule has 0 unspecified atom stereocenters. The van der Waals surface area contributed by atoms with E-state index in [1.54, 1.807) is 0 Å². The molecular weight excluding hydrogens is 352 g/mol. The number of aromatic nitrogens is 2. The second-order valence-electron chi connectivity index (χ2n) is 7.73. The fourth-order valence-electron chi connectivity index (χ4n) is 2.95. The molecule has 0 radical (unpaired) electrons. The molecule has 0 spiro atoms. The van der Waals surface area contributed by atoms with Gasteiger partial charge in [-0.25, -0.2) is 4.98 Å². The van der Waals surface area contributed by atoms with E-state index in [2.05, 4.69) is 99.7 Å². The summed E-state index contributed by atoms with van der Waals surface area (Å²) in [6.45, 7) is 15.2. The fourth-order valence-corrected chi connectivity index (χ4v) is 2.95. The van der Waals surface area contributed by atoms with Crippen molar-refractivity contribution >= 4 is 0 Å². The van der Waals surface area contributed by atoms with E-state index in [0.717, 1.165) is 12.2 Å². The molecule has 0 saturated carbocycles. The Hall–Kier alpha value is -2.35. The number of imidazole rings is 1. The number of hydrogen-bond donors (Lipinski definition) is 0. The molecule has 0 aliphatic carbocycles. The van der Waals surface area contributed by atoms with Gasteiger partial charge in [0.25, 0.3) is 0 Å². The van der Waals surface area contributed by atoms with E-state index in [0.29, 0.717) is 0 Å². The summed E-state index contributed by atoms with van der Waals surface area (Å²) >= 11 is 0. The van der Waals surface area contributed by atoms with Crippen molar-refractivity contribution in [2.45, 2.75) is 73.1 Å². The van der Waals surface area contributed by atoms with E-state index in [-0.39, 0.29) is 5.41 Å². The standard InChI is InChI=1S/C21H24N2.C4H10.C2H6/c1-5-21(2,3)19-12-11-17(16-9-7-6-8-10-16)15-18(19)20-22-13-14-23(20)4;1-3-4-2;1-2/h6-15H,5H2,1-4H3;3-4H2,1-2H3;1-2H3. The average Bonchev–Trinajstić information content (AvgIpc) is 3.21. The summed E-state index contributed by atoms with van der Waals surface area (Å²) in [5.41, 5.74) is 5.18. The highest BCUT2D eigenvalue weighted by Crippen LogP contribution is 2.37. The minimum Gasteiger partial charge on any atom is -0.334 e. The highest BCUT2D eigenvalue weighted by Gasteiger charge is 2.24. The molecule has 0 fully saturated rings. The fraction of sp³-hybridized carbons (Fsp3) is 0.444. The van der Waals surface area contributed by atoms with Crippen molar-refractivity contribution in [1.82, 2.24) is 9.55 Å². The van der Waals surface area contributed by atoms with Crippen LogP contribution in [0.3, 0.4) is 0 Å². The minimum absolute atomic E-state index is 0.122. The van der Waals surface area contributed by atoms with Crippen molar-refractivity contribution in [2.24, 2.45) is 7.05 Å². The van der Waals surface area contributed by atoms with Gasteiger partial charge in [-0.1, -0.05) is 104 Å². The molecule has 0 atom stereocenters. The molecule has 0 saturated heterocycles. The molecule has 2 aromatic carbocycles. The van der Waals surface area contributed by atoms with Crippen molar-refractivity contribution in [3.8, 4) is 22.5 Å². The molecular formula is C27H40N2. The number of nitrogens with zero attached hydrogens (tertiary/aromatic N) is 2. The van der Waals surface area contributed by atoms with Crippen LogP contribution < -0.4 is 0 Å². The van der Waals surface area contributed by atoms with Crippen LogP contribution in [0.5, 0.6) is 0 Å². The lowest BCUT2D eigenvalue weighted by Gasteiger charge is -2.27. The van der Waals surface area contributed by atoms with Gasteiger partial charge < -0.3 is 4.57 Å². The van der Waals surface area contributed by atoms with Crippen molar-refractivity contribution < 1.29 is 0 Å². The number of hydrogen-bond acceptors (Lipinski definition) is 1. The molecule has 3 aromatic rings. The van der Waals surface area contributed by atoms with Gasteiger partial charge in [-0.15, -0.1) is 0 Å². The Morgan fingerprint density at radius 1 is 0.862 bits per heavy atom. The second kappa shape index (κ2) is 12.3. The van der Waals surface area contributed by atoms with Crippen LogP contribution in [0.4, 0.5) is 0 Å². The lowest BCUT2D eigenvalue weighted by molar-refractivity contribution is 0.507. The van der Waals surface area contributed by atoms with Crippen LogP contribution in [-0.4, -0.2) is 9.55 Å². The molecule has 1 aromatic heterocycles. The molecule has 0 aliphatic heterocycles. The van der Waals surface area contributed by atoms with Gasteiger partial charge in [-0.2, -0.15) is 0 Å². The molecule has 1 heterocycles. The van der Waals surface area contributed by atoms with E-state index < -0.39 is 0 Å². The van der Waals surface area contributed by atoms with Gasteiger partial charge in [0.15, 0.2) is 0 Å². The van der Waals surface area contributed by atoms with Gasteiger partial charge in [-0.3, -0.25) is 0 Å². The van der Waals surface area contributed by atoms with Crippen LogP contribution in [-0.2, 0) is 12.5 Å². The number of unbranched alkanes of at least 4 members (excludes halogenated alkanes) is 1. The van der Waals surface area contributed by atoms with E-state index in [4.69, 9.17) is 0 Å². The molecule has 0 bridgehead atoms. The highest BCUT2D eigenvalue weighted by molar-refractivity contribution is 5.73. The Labute approximate surface area is 179 Å². The number of aryl methyl sites for hydroxylation is 1. The molecule has 0 aliphatic rings. The first-order chi connectivity index (χ1) is 13.9. The van der Waals surface area contributed by atoms with E-state index in [1.807, 2.05) is 26.2 Å². The molecule has 2 heteroatoms. The third-order valence-electron chi connectivity index (χ3n) is 5.30. The number of rotatable bonds is 5. The summed E-state index contributed by atoms with van der Waals surface area (Å²) in [7, 11) is 2.06. The van der Waals surface area contributed by atoms with Crippen LogP contribution in [0.15, 0.2) is 60.9 Å². The first-order valence-corrected chi connectivity index (χ1v) is 11.1. The van der Waals surface area contributed by atoms with E-state index >= 15 is 0 Å². The van der Waals surface area contributed by atoms with Crippen LogP contribution in [0, 0.1) is 0 Å². The smallest absolute Gasteiger partial charge is 0.139 e. The first kappa shape index (κ1) is 24.7.